The molecule has 0 aromatic carbocycles. The number of hydrogen-bond donors (Lipinski definition) is 1. The maximum absolute atomic E-state index is 12.0. The summed E-state index contributed by atoms with van der Waals surface area (Å²) in [5, 5.41) is 10.6. The molecular weight excluding hydrogens is 284 g/mol. The van der Waals surface area contributed by atoms with Gasteiger partial charge < -0.3 is 10.1 Å². The van der Waals surface area contributed by atoms with Crippen LogP contribution in [0.3, 0.4) is 0 Å². The third-order valence-corrected chi connectivity index (χ3v) is 4.83. The molecule has 7 heteroatoms. The van der Waals surface area contributed by atoms with Crippen molar-refractivity contribution in [3.8, 4) is 0 Å². The lowest BCUT2D eigenvalue weighted by molar-refractivity contribution is 0.0710. The minimum atomic E-state index is -1.09. The zero-order valence-electron chi connectivity index (χ0n) is 13.7. The first-order valence-corrected chi connectivity index (χ1v) is 11.4. The summed E-state index contributed by atoms with van der Waals surface area (Å²) in [7, 11) is -1.09. The fourth-order valence-electron chi connectivity index (χ4n) is 1.73. The quantitative estimate of drug-likeness (QED) is 0.532. The Kier molecular flexibility index (Phi) is 7.59. The molecule has 1 N–H and O–H groups in total. The van der Waals surface area contributed by atoms with Gasteiger partial charge in [-0.3, -0.25) is 4.79 Å². The van der Waals surface area contributed by atoms with Crippen LogP contribution in [0.1, 0.15) is 36.7 Å². The fourth-order valence-corrected chi connectivity index (χ4v) is 2.48. The summed E-state index contributed by atoms with van der Waals surface area (Å²) in [6.45, 7) is 10.7. The molecule has 1 aromatic heterocycles. The van der Waals surface area contributed by atoms with Gasteiger partial charge in [-0.2, -0.15) is 0 Å². The Bertz CT molecular complexity index is 429. The van der Waals surface area contributed by atoms with E-state index in [1.165, 1.54) is 10.9 Å². The van der Waals surface area contributed by atoms with Crippen LogP contribution in [-0.4, -0.2) is 42.1 Å². The smallest absolute Gasteiger partial charge is 0.271 e. The van der Waals surface area contributed by atoms with Crippen molar-refractivity contribution in [2.75, 3.05) is 13.2 Å². The highest BCUT2D eigenvalue weighted by atomic mass is 28.3. The summed E-state index contributed by atoms with van der Waals surface area (Å²) in [6, 6.07) is 1.10. The molecule has 1 heterocycles. The van der Waals surface area contributed by atoms with Gasteiger partial charge in [0.15, 0.2) is 0 Å². The van der Waals surface area contributed by atoms with E-state index < -0.39 is 8.07 Å². The second-order valence-corrected chi connectivity index (χ2v) is 12.1. The van der Waals surface area contributed by atoms with Crippen LogP contribution in [0.5, 0.6) is 0 Å². The SMILES string of the molecule is CCCCCNC(=O)c1cnnn1COCC[Si](C)(C)C. The summed E-state index contributed by atoms with van der Waals surface area (Å²) < 4.78 is 7.12. The van der Waals surface area contributed by atoms with Gasteiger partial charge in [-0.1, -0.05) is 44.6 Å². The van der Waals surface area contributed by atoms with E-state index in [1.807, 2.05) is 0 Å². The zero-order chi connectivity index (χ0) is 15.7. The van der Waals surface area contributed by atoms with E-state index in [4.69, 9.17) is 4.74 Å². The van der Waals surface area contributed by atoms with Crippen molar-refractivity contribution in [3.63, 3.8) is 0 Å². The first-order chi connectivity index (χ1) is 9.94. The number of carbonyl (C=O) groups excluding carboxylic acids is 1. The lowest BCUT2D eigenvalue weighted by Gasteiger charge is -2.15. The van der Waals surface area contributed by atoms with Gasteiger partial charge in [-0.05, 0) is 12.5 Å². The van der Waals surface area contributed by atoms with Crippen molar-refractivity contribution in [1.82, 2.24) is 20.3 Å². The van der Waals surface area contributed by atoms with E-state index in [2.05, 4.69) is 42.2 Å². The maximum Gasteiger partial charge on any atom is 0.271 e. The van der Waals surface area contributed by atoms with Crippen LogP contribution in [0.15, 0.2) is 6.20 Å². The standard InChI is InChI=1S/C14H28N4O2Si/c1-5-6-7-8-15-14(19)13-11-16-17-18(13)12-20-9-10-21(2,3)4/h11H,5-10,12H2,1-4H3,(H,15,19). The summed E-state index contributed by atoms with van der Waals surface area (Å²) >= 11 is 0. The van der Waals surface area contributed by atoms with Crippen LogP contribution in [-0.2, 0) is 11.5 Å². The van der Waals surface area contributed by atoms with Crippen LogP contribution in [0.2, 0.25) is 25.7 Å². The third kappa shape index (κ3) is 7.38. The lowest BCUT2D eigenvalue weighted by atomic mass is 10.2. The van der Waals surface area contributed by atoms with E-state index in [9.17, 15) is 4.79 Å². The number of unbranched alkanes of at least 4 members (excludes halogenated alkanes) is 2. The summed E-state index contributed by atoms with van der Waals surface area (Å²) in [6.07, 6.45) is 4.74. The molecule has 1 aromatic rings. The van der Waals surface area contributed by atoms with Gasteiger partial charge in [0.1, 0.15) is 12.4 Å². The molecule has 0 radical (unpaired) electrons. The first-order valence-electron chi connectivity index (χ1n) is 7.68. The molecule has 21 heavy (non-hydrogen) atoms. The van der Waals surface area contributed by atoms with Gasteiger partial charge in [0.05, 0.1) is 6.20 Å². The monoisotopic (exact) mass is 312 g/mol. The Hall–Kier alpha value is -1.21. The normalized spacial score (nSPS) is 11.6. The highest BCUT2D eigenvalue weighted by Gasteiger charge is 2.14. The van der Waals surface area contributed by atoms with Gasteiger partial charge >= 0.3 is 0 Å². The minimum absolute atomic E-state index is 0.134. The van der Waals surface area contributed by atoms with Crippen LogP contribution >= 0.6 is 0 Å². The number of amides is 1. The number of ether oxygens (including phenoxy) is 1. The fraction of sp³-hybridized carbons (Fsp3) is 0.786. The van der Waals surface area contributed by atoms with Gasteiger partial charge in [0, 0.05) is 21.2 Å². The molecule has 0 aliphatic carbocycles. The molecule has 120 valence electrons. The molecule has 0 spiro atoms. The van der Waals surface area contributed by atoms with E-state index in [0.717, 1.165) is 25.3 Å². The minimum Gasteiger partial charge on any atom is -0.359 e. The number of carbonyl (C=O) groups is 1. The van der Waals surface area contributed by atoms with Crippen molar-refractivity contribution >= 4 is 14.0 Å². The molecule has 0 bridgehead atoms. The Balaban J connectivity index is 2.36. The highest BCUT2D eigenvalue weighted by molar-refractivity contribution is 6.76. The highest BCUT2D eigenvalue weighted by Crippen LogP contribution is 2.08. The zero-order valence-corrected chi connectivity index (χ0v) is 14.7. The number of rotatable bonds is 10. The molecule has 0 saturated heterocycles. The summed E-state index contributed by atoms with van der Waals surface area (Å²) in [4.78, 5) is 12.0. The predicted octanol–water partition coefficient (Wildman–Crippen LogP) is 2.51. The van der Waals surface area contributed by atoms with Crippen molar-refractivity contribution < 1.29 is 9.53 Å². The van der Waals surface area contributed by atoms with Gasteiger partial charge in [-0.15, -0.1) is 5.10 Å². The topological polar surface area (TPSA) is 69.0 Å². The molecule has 0 fully saturated rings. The molecular formula is C14H28N4O2Si. The number of nitrogens with one attached hydrogen (secondary N) is 1. The average molecular weight is 312 g/mol. The second kappa shape index (κ2) is 8.94. The first kappa shape index (κ1) is 17.8. The number of hydrogen-bond acceptors (Lipinski definition) is 4. The Morgan fingerprint density at radius 1 is 1.38 bits per heavy atom. The molecule has 1 rings (SSSR count). The van der Waals surface area contributed by atoms with Gasteiger partial charge in [0.25, 0.3) is 5.91 Å². The molecule has 6 nitrogen and oxygen atoms in total. The Morgan fingerprint density at radius 2 is 2.14 bits per heavy atom. The van der Waals surface area contributed by atoms with Gasteiger partial charge in [0.2, 0.25) is 0 Å². The van der Waals surface area contributed by atoms with Crippen LogP contribution in [0, 0.1) is 0 Å². The number of aromatic nitrogens is 3. The molecule has 0 saturated carbocycles. The molecule has 0 unspecified atom stereocenters. The lowest BCUT2D eigenvalue weighted by Crippen LogP contribution is -2.28. The van der Waals surface area contributed by atoms with Crippen molar-refractivity contribution in [2.45, 2.75) is 58.6 Å². The Labute approximate surface area is 128 Å². The van der Waals surface area contributed by atoms with E-state index in [1.54, 1.807) is 0 Å². The van der Waals surface area contributed by atoms with Crippen LogP contribution < -0.4 is 5.32 Å². The maximum atomic E-state index is 12.0. The third-order valence-electron chi connectivity index (χ3n) is 3.13. The molecule has 0 aliphatic rings. The predicted molar refractivity (Wildman–Crippen MR) is 86.0 cm³/mol. The average Bonchev–Trinajstić information content (AvgIpc) is 2.87. The van der Waals surface area contributed by atoms with E-state index >= 15 is 0 Å². The second-order valence-electron chi connectivity index (χ2n) is 6.43. The van der Waals surface area contributed by atoms with Crippen LogP contribution in [0.4, 0.5) is 0 Å². The largest absolute Gasteiger partial charge is 0.359 e. The molecule has 0 atom stereocenters. The van der Waals surface area contributed by atoms with Crippen molar-refractivity contribution in [2.24, 2.45) is 0 Å². The van der Waals surface area contributed by atoms with Gasteiger partial charge in [-0.25, -0.2) is 4.68 Å². The van der Waals surface area contributed by atoms with Crippen molar-refractivity contribution in [3.05, 3.63) is 11.9 Å². The summed E-state index contributed by atoms with van der Waals surface area (Å²) in [5.74, 6) is -0.134. The number of nitrogens with zero attached hydrogens (tertiary/aromatic N) is 3. The Morgan fingerprint density at radius 3 is 2.81 bits per heavy atom. The summed E-state index contributed by atoms with van der Waals surface area (Å²) in [5.41, 5.74) is 0.458. The van der Waals surface area contributed by atoms with Crippen molar-refractivity contribution in [1.29, 1.82) is 0 Å². The molecule has 1 amide bonds. The molecule has 0 aliphatic heterocycles. The van der Waals surface area contributed by atoms with E-state index in [0.29, 0.717) is 18.8 Å². The van der Waals surface area contributed by atoms with Crippen LogP contribution in [0.25, 0.3) is 0 Å². The van der Waals surface area contributed by atoms with E-state index in [-0.39, 0.29) is 12.6 Å².